The first-order valence-corrected chi connectivity index (χ1v) is 10.9. The molecule has 0 spiro atoms. The summed E-state index contributed by atoms with van der Waals surface area (Å²) in [6.07, 6.45) is 0. The van der Waals surface area contributed by atoms with E-state index in [-0.39, 0.29) is 10.5 Å². The molecule has 1 unspecified atom stereocenters. The predicted octanol–water partition coefficient (Wildman–Crippen LogP) is 4.73. The molecule has 30 heavy (non-hydrogen) atoms. The van der Waals surface area contributed by atoms with Gasteiger partial charge in [-0.3, -0.25) is 9.52 Å². The summed E-state index contributed by atoms with van der Waals surface area (Å²) in [5.74, 6) is -0.818. The first-order valence-electron chi connectivity index (χ1n) is 9.43. The van der Waals surface area contributed by atoms with Crippen molar-refractivity contribution in [3.05, 3.63) is 94.8 Å². The normalized spacial score (nSPS) is 12.3. The standard InChI is InChI=1S/C23H23FN2O3S/c1-15-7-6-10-22(16(15)2)26-30(28,29)19-13-11-18(12-14-19)23(27)25-17(3)20-8-4-5-9-21(20)24/h4-14,17,26H,1-3H3,(H,25,27). The maximum absolute atomic E-state index is 13.9. The van der Waals surface area contributed by atoms with Crippen molar-refractivity contribution in [3.63, 3.8) is 0 Å². The molecule has 0 saturated heterocycles. The van der Waals surface area contributed by atoms with Gasteiger partial charge >= 0.3 is 0 Å². The van der Waals surface area contributed by atoms with Crippen LogP contribution in [0.4, 0.5) is 10.1 Å². The lowest BCUT2D eigenvalue weighted by molar-refractivity contribution is 0.0939. The molecule has 0 aliphatic heterocycles. The number of hydrogen-bond donors (Lipinski definition) is 2. The van der Waals surface area contributed by atoms with Crippen molar-refractivity contribution in [1.29, 1.82) is 0 Å². The van der Waals surface area contributed by atoms with E-state index in [4.69, 9.17) is 0 Å². The monoisotopic (exact) mass is 426 g/mol. The maximum Gasteiger partial charge on any atom is 0.261 e. The van der Waals surface area contributed by atoms with Gasteiger partial charge in [0.2, 0.25) is 0 Å². The molecular weight excluding hydrogens is 403 g/mol. The summed E-state index contributed by atoms with van der Waals surface area (Å²) in [5.41, 5.74) is 2.99. The molecule has 0 aromatic heterocycles. The number of carbonyl (C=O) groups excluding carboxylic acids is 1. The van der Waals surface area contributed by atoms with Gasteiger partial charge in [0, 0.05) is 11.1 Å². The lowest BCUT2D eigenvalue weighted by Crippen LogP contribution is -2.27. The minimum atomic E-state index is -3.80. The highest BCUT2D eigenvalue weighted by Gasteiger charge is 2.18. The molecule has 0 saturated carbocycles. The van der Waals surface area contributed by atoms with E-state index in [2.05, 4.69) is 10.0 Å². The number of carbonyl (C=O) groups is 1. The molecule has 0 aliphatic rings. The van der Waals surface area contributed by atoms with Crippen molar-refractivity contribution in [2.45, 2.75) is 31.7 Å². The summed E-state index contributed by atoms with van der Waals surface area (Å²) in [7, 11) is -3.80. The number of amides is 1. The van der Waals surface area contributed by atoms with Crippen LogP contribution in [0.15, 0.2) is 71.6 Å². The van der Waals surface area contributed by atoms with E-state index in [1.54, 1.807) is 37.3 Å². The van der Waals surface area contributed by atoms with E-state index in [0.29, 0.717) is 11.3 Å². The van der Waals surface area contributed by atoms with Crippen LogP contribution < -0.4 is 10.0 Å². The zero-order chi connectivity index (χ0) is 21.9. The molecule has 1 amide bonds. The maximum atomic E-state index is 13.9. The number of aryl methyl sites for hydroxylation is 1. The largest absolute Gasteiger partial charge is 0.345 e. The van der Waals surface area contributed by atoms with Crippen molar-refractivity contribution in [3.8, 4) is 0 Å². The van der Waals surface area contributed by atoms with Gasteiger partial charge in [-0.1, -0.05) is 30.3 Å². The first kappa shape index (κ1) is 21.5. The van der Waals surface area contributed by atoms with Crippen molar-refractivity contribution in [2.24, 2.45) is 0 Å². The minimum Gasteiger partial charge on any atom is -0.345 e. The van der Waals surface area contributed by atoms with Crippen molar-refractivity contribution in [1.82, 2.24) is 5.32 Å². The molecule has 3 rings (SSSR count). The Labute approximate surface area is 176 Å². The third kappa shape index (κ3) is 4.68. The molecular formula is C23H23FN2O3S. The molecule has 3 aromatic rings. The number of halogens is 1. The molecule has 7 heteroatoms. The van der Waals surface area contributed by atoms with Gasteiger partial charge in [-0.15, -0.1) is 0 Å². The molecule has 5 nitrogen and oxygen atoms in total. The van der Waals surface area contributed by atoms with E-state index < -0.39 is 27.8 Å². The van der Waals surface area contributed by atoms with E-state index in [9.17, 15) is 17.6 Å². The van der Waals surface area contributed by atoms with Crippen LogP contribution in [-0.2, 0) is 10.0 Å². The summed E-state index contributed by atoms with van der Waals surface area (Å²) in [6, 6.07) is 16.7. The van der Waals surface area contributed by atoms with E-state index >= 15 is 0 Å². The van der Waals surface area contributed by atoms with Crippen molar-refractivity contribution in [2.75, 3.05) is 4.72 Å². The van der Waals surface area contributed by atoms with Gasteiger partial charge in [-0.25, -0.2) is 12.8 Å². The van der Waals surface area contributed by atoms with Crippen molar-refractivity contribution >= 4 is 21.6 Å². The van der Waals surface area contributed by atoms with E-state index in [1.807, 2.05) is 19.9 Å². The molecule has 0 aliphatic carbocycles. The Hall–Kier alpha value is -3.19. The van der Waals surface area contributed by atoms with Crippen LogP contribution in [0.25, 0.3) is 0 Å². The number of anilines is 1. The second kappa shape index (κ2) is 8.67. The minimum absolute atomic E-state index is 0.0436. The van der Waals surface area contributed by atoms with Crippen LogP contribution in [0.5, 0.6) is 0 Å². The summed E-state index contributed by atoms with van der Waals surface area (Å²) in [4.78, 5) is 12.5. The van der Waals surface area contributed by atoms with Crippen LogP contribution in [0.1, 0.15) is 40.0 Å². The fraction of sp³-hybridized carbons (Fsp3) is 0.174. The fourth-order valence-corrected chi connectivity index (χ4v) is 4.16. The van der Waals surface area contributed by atoms with E-state index in [0.717, 1.165) is 11.1 Å². The molecule has 3 aromatic carbocycles. The van der Waals surface area contributed by atoms with Crippen LogP contribution in [-0.4, -0.2) is 14.3 Å². The molecule has 1 atom stereocenters. The Bertz CT molecular complexity index is 1180. The molecule has 2 N–H and O–H groups in total. The lowest BCUT2D eigenvalue weighted by Gasteiger charge is -2.15. The summed E-state index contributed by atoms with van der Waals surface area (Å²) in [6.45, 7) is 5.43. The zero-order valence-electron chi connectivity index (χ0n) is 16.9. The predicted molar refractivity (Wildman–Crippen MR) is 115 cm³/mol. The van der Waals surface area contributed by atoms with E-state index in [1.165, 1.54) is 30.3 Å². The average Bonchev–Trinajstić information content (AvgIpc) is 2.71. The third-order valence-electron chi connectivity index (χ3n) is 5.00. The van der Waals surface area contributed by atoms with Crippen LogP contribution in [0, 0.1) is 19.7 Å². The number of hydrogen-bond acceptors (Lipinski definition) is 3. The summed E-state index contributed by atoms with van der Waals surface area (Å²) >= 11 is 0. The zero-order valence-corrected chi connectivity index (χ0v) is 17.8. The van der Waals surface area contributed by atoms with Gasteiger partial charge in [0.05, 0.1) is 16.6 Å². The highest BCUT2D eigenvalue weighted by atomic mass is 32.2. The SMILES string of the molecule is Cc1cccc(NS(=O)(=O)c2ccc(C(=O)NC(C)c3ccccc3F)cc2)c1C. The Kier molecular flexibility index (Phi) is 6.22. The molecule has 0 bridgehead atoms. The molecule has 0 radical (unpaired) electrons. The summed E-state index contributed by atoms with van der Waals surface area (Å²) in [5, 5.41) is 2.72. The number of rotatable bonds is 6. The van der Waals surface area contributed by atoms with Gasteiger partial charge in [0.25, 0.3) is 15.9 Å². The second-order valence-corrected chi connectivity index (χ2v) is 8.78. The number of nitrogens with one attached hydrogen (secondary N) is 2. The number of benzene rings is 3. The molecule has 156 valence electrons. The summed E-state index contributed by atoms with van der Waals surface area (Å²) < 4.78 is 41.9. The van der Waals surface area contributed by atoms with Gasteiger partial charge in [0.1, 0.15) is 5.82 Å². The van der Waals surface area contributed by atoms with Crippen LogP contribution in [0.2, 0.25) is 0 Å². The topological polar surface area (TPSA) is 75.3 Å². The lowest BCUT2D eigenvalue weighted by atomic mass is 10.1. The van der Waals surface area contributed by atoms with Gasteiger partial charge in [0.15, 0.2) is 0 Å². The Balaban J connectivity index is 1.74. The van der Waals surface area contributed by atoms with Crippen molar-refractivity contribution < 1.29 is 17.6 Å². The first-order chi connectivity index (χ1) is 14.2. The third-order valence-corrected chi connectivity index (χ3v) is 6.38. The molecule has 0 heterocycles. The fourth-order valence-electron chi connectivity index (χ4n) is 3.03. The van der Waals surface area contributed by atoms with Gasteiger partial charge in [-0.2, -0.15) is 0 Å². The Morgan fingerprint density at radius 1 is 0.933 bits per heavy atom. The highest BCUT2D eigenvalue weighted by molar-refractivity contribution is 7.92. The number of sulfonamides is 1. The Morgan fingerprint density at radius 2 is 1.60 bits per heavy atom. The van der Waals surface area contributed by atoms with Crippen LogP contribution in [0.3, 0.4) is 0 Å². The molecule has 0 fully saturated rings. The highest BCUT2D eigenvalue weighted by Crippen LogP contribution is 2.22. The second-order valence-electron chi connectivity index (χ2n) is 7.09. The van der Waals surface area contributed by atoms with Gasteiger partial charge < -0.3 is 5.32 Å². The quantitative estimate of drug-likeness (QED) is 0.598. The average molecular weight is 427 g/mol. The Morgan fingerprint density at radius 3 is 2.27 bits per heavy atom. The smallest absolute Gasteiger partial charge is 0.261 e. The van der Waals surface area contributed by atoms with Gasteiger partial charge in [-0.05, 0) is 68.3 Å². The van der Waals surface area contributed by atoms with Crippen LogP contribution >= 0.6 is 0 Å².